The second kappa shape index (κ2) is 6.15. The van der Waals surface area contributed by atoms with Crippen LogP contribution in [0.15, 0.2) is 42.6 Å². The molecule has 0 fully saturated rings. The van der Waals surface area contributed by atoms with Gasteiger partial charge in [-0.1, -0.05) is 15.9 Å². The monoisotopic (exact) mass is 465 g/mol. The van der Waals surface area contributed by atoms with Gasteiger partial charge in [-0.3, -0.25) is 14.9 Å². The van der Waals surface area contributed by atoms with Crippen molar-refractivity contribution in [1.29, 1.82) is 0 Å². The lowest BCUT2D eigenvalue weighted by Gasteiger charge is -2.07. The zero-order valence-corrected chi connectivity index (χ0v) is 14.5. The molecule has 0 bridgehead atoms. The number of halogens is 3. The van der Waals surface area contributed by atoms with Crippen LogP contribution in [0.1, 0.15) is 5.56 Å². The van der Waals surface area contributed by atoms with Gasteiger partial charge in [0.2, 0.25) is 0 Å². The predicted octanol–water partition coefficient (Wildman–Crippen LogP) is 3.49. The first-order chi connectivity index (χ1) is 9.40. The summed E-state index contributed by atoms with van der Waals surface area (Å²) in [4.78, 5) is 22.5. The summed E-state index contributed by atoms with van der Waals surface area (Å²) < 4.78 is 2.62. The van der Waals surface area contributed by atoms with E-state index >= 15 is 0 Å². The summed E-state index contributed by atoms with van der Waals surface area (Å²) in [5.74, 6) is 0. The summed E-state index contributed by atoms with van der Waals surface area (Å²) in [7, 11) is 0. The molecule has 0 aliphatic carbocycles. The number of nitro benzene ring substituents is 1. The minimum atomic E-state index is -0.487. The lowest BCUT2D eigenvalue weighted by Crippen LogP contribution is -2.24. The molecule has 1 heterocycles. The average Bonchev–Trinajstić information content (AvgIpc) is 2.41. The zero-order chi connectivity index (χ0) is 14.9. The Morgan fingerprint density at radius 1 is 1.30 bits per heavy atom. The number of hydrogen-bond acceptors (Lipinski definition) is 4. The van der Waals surface area contributed by atoms with Crippen molar-refractivity contribution in [3.8, 4) is 0 Å². The zero-order valence-electron chi connectivity index (χ0n) is 9.72. The predicted molar refractivity (Wildman–Crippen MR) is 83.8 cm³/mol. The maximum atomic E-state index is 12.0. The van der Waals surface area contributed by atoms with Crippen LogP contribution in [-0.2, 0) is 6.54 Å². The molecule has 1 aromatic carbocycles. The van der Waals surface area contributed by atoms with Crippen LogP contribution in [0.4, 0.5) is 5.69 Å². The first-order valence-corrected chi connectivity index (χ1v) is 7.62. The maximum absolute atomic E-state index is 12.0. The molecule has 0 spiro atoms. The van der Waals surface area contributed by atoms with Crippen LogP contribution in [0.2, 0.25) is 0 Å². The van der Waals surface area contributed by atoms with Gasteiger partial charge >= 0.3 is 0 Å². The fourth-order valence-corrected chi connectivity index (χ4v) is 2.48. The summed E-state index contributed by atoms with van der Waals surface area (Å²) >= 11 is 9.50. The van der Waals surface area contributed by atoms with E-state index in [1.807, 2.05) is 0 Å². The van der Waals surface area contributed by atoms with E-state index in [0.717, 1.165) is 4.68 Å². The number of aromatic nitrogens is 2. The number of benzene rings is 1. The highest BCUT2D eigenvalue weighted by molar-refractivity contribution is 9.13. The highest BCUT2D eigenvalue weighted by Gasteiger charge is 2.16. The Morgan fingerprint density at radius 3 is 2.65 bits per heavy atom. The third-order valence-electron chi connectivity index (χ3n) is 2.51. The van der Waals surface area contributed by atoms with Gasteiger partial charge in [0.05, 0.1) is 27.7 Å². The maximum Gasteiger partial charge on any atom is 0.282 e. The number of nitrogens with zero attached hydrogens (tertiary/aromatic N) is 3. The van der Waals surface area contributed by atoms with Crippen molar-refractivity contribution in [1.82, 2.24) is 9.78 Å². The van der Waals surface area contributed by atoms with Crippen LogP contribution >= 0.6 is 47.8 Å². The summed E-state index contributed by atoms with van der Waals surface area (Å²) in [6, 6.07) is 4.67. The van der Waals surface area contributed by atoms with Gasteiger partial charge in [-0.2, -0.15) is 5.10 Å². The van der Waals surface area contributed by atoms with Gasteiger partial charge in [-0.25, -0.2) is 4.68 Å². The number of rotatable bonds is 3. The Balaban J connectivity index is 2.48. The van der Waals surface area contributed by atoms with E-state index in [2.05, 4.69) is 52.9 Å². The molecule has 2 aromatic rings. The van der Waals surface area contributed by atoms with E-state index in [1.54, 1.807) is 12.1 Å². The molecule has 9 heteroatoms. The third-order valence-corrected chi connectivity index (χ3v) is 4.90. The van der Waals surface area contributed by atoms with Gasteiger partial charge in [-0.05, 0) is 44.0 Å². The molecule has 0 unspecified atom stereocenters. The van der Waals surface area contributed by atoms with E-state index < -0.39 is 4.92 Å². The van der Waals surface area contributed by atoms with Crippen molar-refractivity contribution in [2.75, 3.05) is 0 Å². The van der Waals surface area contributed by atoms with Gasteiger partial charge in [0, 0.05) is 10.5 Å². The Morgan fingerprint density at radius 2 is 2.00 bits per heavy atom. The first kappa shape index (κ1) is 15.3. The highest BCUT2D eigenvalue weighted by atomic mass is 79.9. The lowest BCUT2D eigenvalue weighted by molar-refractivity contribution is -0.385. The summed E-state index contributed by atoms with van der Waals surface area (Å²) in [5.41, 5.74) is -0.0225. The number of nitro groups is 1. The van der Waals surface area contributed by atoms with Gasteiger partial charge in [0.25, 0.3) is 11.2 Å². The van der Waals surface area contributed by atoms with E-state index in [4.69, 9.17) is 0 Å². The number of hydrogen-bond donors (Lipinski definition) is 0. The Kier molecular flexibility index (Phi) is 4.71. The largest absolute Gasteiger partial charge is 0.282 e. The molecule has 1 aromatic heterocycles. The van der Waals surface area contributed by atoms with Gasteiger partial charge in [-0.15, -0.1) is 0 Å². The van der Waals surface area contributed by atoms with Crippen molar-refractivity contribution in [2.24, 2.45) is 0 Å². The van der Waals surface area contributed by atoms with Gasteiger partial charge in [0.15, 0.2) is 0 Å². The van der Waals surface area contributed by atoms with Crippen LogP contribution < -0.4 is 5.56 Å². The van der Waals surface area contributed by atoms with Crippen molar-refractivity contribution in [2.45, 2.75) is 6.54 Å². The molecular weight excluding hydrogens is 462 g/mol. The summed E-state index contributed by atoms with van der Waals surface area (Å²) in [6.45, 7) is 0.0221. The molecule has 0 saturated carbocycles. The second-order valence-electron chi connectivity index (χ2n) is 3.80. The van der Waals surface area contributed by atoms with Gasteiger partial charge < -0.3 is 0 Å². The molecule has 0 N–H and O–H groups in total. The molecule has 0 aliphatic rings. The van der Waals surface area contributed by atoms with Crippen LogP contribution in [0.5, 0.6) is 0 Å². The minimum Gasteiger partial charge on any atom is -0.266 e. The average molecular weight is 468 g/mol. The van der Waals surface area contributed by atoms with Crippen LogP contribution in [-0.4, -0.2) is 14.7 Å². The topological polar surface area (TPSA) is 78.0 Å². The van der Waals surface area contributed by atoms with E-state index in [0.29, 0.717) is 19.0 Å². The second-order valence-corrected chi connectivity index (χ2v) is 6.36. The summed E-state index contributed by atoms with van der Waals surface area (Å²) in [5, 5.41) is 15.0. The molecule has 0 saturated heterocycles. The Labute approximate surface area is 138 Å². The van der Waals surface area contributed by atoms with Crippen LogP contribution in [0.3, 0.4) is 0 Å². The van der Waals surface area contributed by atoms with Crippen molar-refractivity contribution < 1.29 is 4.92 Å². The van der Waals surface area contributed by atoms with E-state index in [9.17, 15) is 14.9 Å². The third kappa shape index (κ3) is 3.15. The van der Waals surface area contributed by atoms with Crippen LogP contribution in [0.25, 0.3) is 0 Å². The standard InChI is InChI=1S/C11H6Br3N3O3/c12-7-2-1-6(9(3-7)17(19)20)5-16-11(18)10(14)8(13)4-15-16/h1-4H,5H2. The Bertz CT molecular complexity index is 745. The van der Waals surface area contributed by atoms with Crippen molar-refractivity contribution in [3.05, 3.63) is 63.8 Å². The first-order valence-electron chi connectivity index (χ1n) is 5.24. The lowest BCUT2D eigenvalue weighted by atomic mass is 10.2. The normalized spacial score (nSPS) is 10.6. The minimum absolute atomic E-state index is 0.0221. The molecule has 0 atom stereocenters. The van der Waals surface area contributed by atoms with Gasteiger partial charge in [0.1, 0.15) is 4.47 Å². The fraction of sp³-hybridized carbons (Fsp3) is 0.0909. The molecular formula is C11H6Br3N3O3. The van der Waals surface area contributed by atoms with Crippen molar-refractivity contribution >= 4 is 53.5 Å². The molecule has 2 rings (SSSR count). The molecule has 6 nitrogen and oxygen atoms in total. The Hall–Kier alpha value is -1.06. The molecule has 0 aliphatic heterocycles. The van der Waals surface area contributed by atoms with E-state index in [-0.39, 0.29) is 17.8 Å². The van der Waals surface area contributed by atoms with E-state index in [1.165, 1.54) is 12.3 Å². The molecule has 104 valence electrons. The smallest absolute Gasteiger partial charge is 0.266 e. The molecule has 0 amide bonds. The molecule has 0 radical (unpaired) electrons. The fourth-order valence-electron chi connectivity index (χ4n) is 1.56. The SMILES string of the molecule is O=c1c(Br)c(Br)cnn1Cc1ccc(Br)cc1[N+](=O)[O-]. The summed E-state index contributed by atoms with van der Waals surface area (Å²) in [6.07, 6.45) is 1.45. The highest BCUT2D eigenvalue weighted by Crippen LogP contribution is 2.24. The van der Waals surface area contributed by atoms with Crippen LogP contribution in [0, 0.1) is 10.1 Å². The quantitative estimate of drug-likeness (QED) is 0.511. The molecule has 20 heavy (non-hydrogen) atoms. The van der Waals surface area contributed by atoms with Crippen molar-refractivity contribution in [3.63, 3.8) is 0 Å².